The van der Waals surface area contributed by atoms with Crippen LogP contribution in [-0.2, 0) is 9.53 Å². The van der Waals surface area contributed by atoms with Gasteiger partial charge >= 0.3 is 0 Å². The van der Waals surface area contributed by atoms with Gasteiger partial charge in [0.1, 0.15) is 6.61 Å². The van der Waals surface area contributed by atoms with E-state index in [1.165, 1.54) is 6.42 Å². The fourth-order valence-electron chi connectivity index (χ4n) is 1.98. The van der Waals surface area contributed by atoms with E-state index < -0.39 is 0 Å². The summed E-state index contributed by atoms with van der Waals surface area (Å²) in [6.07, 6.45) is 5.70. The van der Waals surface area contributed by atoms with Gasteiger partial charge < -0.3 is 10.1 Å². The fourth-order valence-corrected chi connectivity index (χ4v) is 1.98. The monoisotopic (exact) mass is 263 g/mol. The topological polar surface area (TPSA) is 38.3 Å². The highest BCUT2D eigenvalue weighted by molar-refractivity contribution is 5.91. The van der Waals surface area contributed by atoms with E-state index in [1.54, 1.807) is 0 Å². The molecule has 1 aromatic carbocycles. The summed E-state index contributed by atoms with van der Waals surface area (Å²) in [7, 11) is 0. The van der Waals surface area contributed by atoms with Crippen molar-refractivity contribution in [2.75, 3.05) is 11.9 Å². The Morgan fingerprint density at radius 2 is 1.89 bits per heavy atom. The standard InChI is InChI=1S/C16H25NO2/c1-3-5-12-15(9-4-2)19-13-16(18)17-14-10-7-6-8-11-14/h6-8,10-11,15H,3-5,9,12-13H2,1-2H3,(H,17,18). The molecule has 1 amide bonds. The van der Waals surface area contributed by atoms with Crippen molar-refractivity contribution in [3.63, 3.8) is 0 Å². The number of para-hydroxylation sites is 1. The van der Waals surface area contributed by atoms with Gasteiger partial charge in [-0.1, -0.05) is 51.3 Å². The van der Waals surface area contributed by atoms with Gasteiger partial charge in [-0.15, -0.1) is 0 Å². The highest BCUT2D eigenvalue weighted by atomic mass is 16.5. The van der Waals surface area contributed by atoms with Gasteiger partial charge in [0, 0.05) is 5.69 Å². The molecule has 106 valence electrons. The summed E-state index contributed by atoms with van der Waals surface area (Å²) < 4.78 is 5.71. The first-order valence-electron chi connectivity index (χ1n) is 7.22. The number of ether oxygens (including phenoxy) is 1. The van der Waals surface area contributed by atoms with E-state index in [1.807, 2.05) is 30.3 Å². The number of nitrogens with one attached hydrogen (secondary N) is 1. The van der Waals surface area contributed by atoms with Crippen LogP contribution in [0, 0.1) is 0 Å². The maximum absolute atomic E-state index is 11.8. The third-order valence-electron chi connectivity index (χ3n) is 3.00. The maximum Gasteiger partial charge on any atom is 0.250 e. The Morgan fingerprint density at radius 3 is 2.53 bits per heavy atom. The van der Waals surface area contributed by atoms with E-state index >= 15 is 0 Å². The lowest BCUT2D eigenvalue weighted by molar-refractivity contribution is -0.122. The zero-order chi connectivity index (χ0) is 13.9. The Bertz CT molecular complexity index is 351. The maximum atomic E-state index is 11.8. The largest absolute Gasteiger partial charge is 0.368 e. The number of anilines is 1. The smallest absolute Gasteiger partial charge is 0.250 e. The molecule has 0 aliphatic rings. The quantitative estimate of drug-likeness (QED) is 0.731. The number of rotatable bonds is 9. The zero-order valence-electron chi connectivity index (χ0n) is 12.0. The third-order valence-corrected chi connectivity index (χ3v) is 3.00. The van der Waals surface area contributed by atoms with Crippen molar-refractivity contribution in [2.45, 2.75) is 52.1 Å². The zero-order valence-corrected chi connectivity index (χ0v) is 12.0. The summed E-state index contributed by atoms with van der Waals surface area (Å²) in [4.78, 5) is 11.8. The molecule has 0 saturated carbocycles. The molecule has 3 heteroatoms. The van der Waals surface area contributed by atoms with E-state index in [0.29, 0.717) is 0 Å². The summed E-state index contributed by atoms with van der Waals surface area (Å²) in [5, 5.41) is 2.83. The lowest BCUT2D eigenvalue weighted by atomic mass is 10.1. The molecule has 19 heavy (non-hydrogen) atoms. The first-order valence-corrected chi connectivity index (χ1v) is 7.22. The van der Waals surface area contributed by atoms with Gasteiger partial charge in [-0.3, -0.25) is 4.79 Å². The number of hydrogen-bond donors (Lipinski definition) is 1. The predicted octanol–water partition coefficient (Wildman–Crippen LogP) is 4.00. The van der Waals surface area contributed by atoms with Gasteiger partial charge in [0.2, 0.25) is 5.91 Å². The van der Waals surface area contributed by atoms with Gasteiger partial charge in [-0.05, 0) is 25.0 Å². The number of unbranched alkanes of at least 4 members (excludes halogenated alkanes) is 1. The SMILES string of the molecule is CCCCC(CCC)OCC(=O)Nc1ccccc1. The van der Waals surface area contributed by atoms with E-state index in [-0.39, 0.29) is 18.6 Å². The lowest BCUT2D eigenvalue weighted by Gasteiger charge is -2.16. The summed E-state index contributed by atoms with van der Waals surface area (Å²) >= 11 is 0. The van der Waals surface area contributed by atoms with Crippen molar-refractivity contribution < 1.29 is 9.53 Å². The fraction of sp³-hybridized carbons (Fsp3) is 0.562. The summed E-state index contributed by atoms with van der Waals surface area (Å²) in [6.45, 7) is 4.46. The minimum atomic E-state index is -0.0798. The van der Waals surface area contributed by atoms with Gasteiger partial charge in [-0.25, -0.2) is 0 Å². The van der Waals surface area contributed by atoms with Crippen LogP contribution in [0.3, 0.4) is 0 Å². The molecule has 0 saturated heterocycles. The van der Waals surface area contributed by atoms with Crippen LogP contribution in [0.5, 0.6) is 0 Å². The Labute approximate surface area is 116 Å². The highest BCUT2D eigenvalue weighted by Gasteiger charge is 2.10. The first-order chi connectivity index (χ1) is 9.26. The number of carbonyl (C=O) groups is 1. The van der Waals surface area contributed by atoms with E-state index in [0.717, 1.165) is 31.4 Å². The molecule has 3 nitrogen and oxygen atoms in total. The summed E-state index contributed by atoms with van der Waals surface area (Å²) in [5.74, 6) is -0.0798. The third kappa shape index (κ3) is 6.97. The summed E-state index contributed by atoms with van der Waals surface area (Å²) in [6, 6.07) is 9.47. The molecule has 0 spiro atoms. The Hall–Kier alpha value is -1.35. The summed E-state index contributed by atoms with van der Waals surface area (Å²) in [5.41, 5.74) is 0.816. The molecular formula is C16H25NO2. The lowest BCUT2D eigenvalue weighted by Crippen LogP contribution is -2.23. The molecule has 0 aromatic heterocycles. The number of benzene rings is 1. The van der Waals surface area contributed by atoms with Gasteiger partial charge in [0.25, 0.3) is 0 Å². The van der Waals surface area contributed by atoms with Crippen LogP contribution in [0.4, 0.5) is 5.69 Å². The molecule has 1 N–H and O–H groups in total. The van der Waals surface area contributed by atoms with Crippen LogP contribution in [0.15, 0.2) is 30.3 Å². The minimum Gasteiger partial charge on any atom is -0.368 e. The second-order valence-electron chi connectivity index (χ2n) is 4.78. The second kappa shape index (κ2) is 9.56. The van der Waals surface area contributed by atoms with Crippen molar-refractivity contribution in [2.24, 2.45) is 0 Å². The van der Waals surface area contributed by atoms with Crippen LogP contribution < -0.4 is 5.32 Å². The van der Waals surface area contributed by atoms with Crippen molar-refractivity contribution in [3.8, 4) is 0 Å². The first kappa shape index (κ1) is 15.7. The van der Waals surface area contributed by atoms with E-state index in [2.05, 4.69) is 19.2 Å². The average Bonchev–Trinajstić information content (AvgIpc) is 2.43. The van der Waals surface area contributed by atoms with Crippen LogP contribution in [0.25, 0.3) is 0 Å². The second-order valence-corrected chi connectivity index (χ2v) is 4.78. The molecule has 0 aliphatic heterocycles. The van der Waals surface area contributed by atoms with Crippen LogP contribution >= 0.6 is 0 Å². The van der Waals surface area contributed by atoms with E-state index in [9.17, 15) is 4.79 Å². The van der Waals surface area contributed by atoms with Crippen LogP contribution in [-0.4, -0.2) is 18.6 Å². The molecule has 1 atom stereocenters. The molecule has 0 aliphatic carbocycles. The molecule has 0 bridgehead atoms. The highest BCUT2D eigenvalue weighted by Crippen LogP contribution is 2.11. The Kier molecular flexibility index (Phi) is 7.91. The Morgan fingerprint density at radius 1 is 1.16 bits per heavy atom. The molecule has 0 radical (unpaired) electrons. The minimum absolute atomic E-state index is 0.0798. The van der Waals surface area contributed by atoms with Crippen molar-refractivity contribution in [1.82, 2.24) is 0 Å². The van der Waals surface area contributed by atoms with Crippen molar-refractivity contribution >= 4 is 11.6 Å². The average molecular weight is 263 g/mol. The van der Waals surface area contributed by atoms with Gasteiger partial charge in [-0.2, -0.15) is 0 Å². The van der Waals surface area contributed by atoms with Crippen molar-refractivity contribution in [1.29, 1.82) is 0 Å². The molecule has 0 fully saturated rings. The van der Waals surface area contributed by atoms with E-state index in [4.69, 9.17) is 4.74 Å². The molecule has 1 aromatic rings. The van der Waals surface area contributed by atoms with Crippen LogP contribution in [0.1, 0.15) is 46.0 Å². The van der Waals surface area contributed by atoms with Crippen LogP contribution in [0.2, 0.25) is 0 Å². The number of hydrogen-bond acceptors (Lipinski definition) is 2. The number of carbonyl (C=O) groups excluding carboxylic acids is 1. The van der Waals surface area contributed by atoms with Gasteiger partial charge in [0.05, 0.1) is 6.10 Å². The normalized spacial score (nSPS) is 12.1. The molecular weight excluding hydrogens is 238 g/mol. The Balaban J connectivity index is 2.30. The molecule has 1 rings (SSSR count). The number of amides is 1. The molecule has 0 heterocycles. The molecule has 1 unspecified atom stereocenters. The predicted molar refractivity (Wildman–Crippen MR) is 79.2 cm³/mol. The van der Waals surface area contributed by atoms with Gasteiger partial charge in [0.15, 0.2) is 0 Å². The van der Waals surface area contributed by atoms with Crippen molar-refractivity contribution in [3.05, 3.63) is 30.3 Å².